The third-order valence-electron chi connectivity index (χ3n) is 1.56. The van der Waals surface area contributed by atoms with E-state index in [0.717, 1.165) is 0 Å². The smallest absolute Gasteiger partial charge is 0.211 e. The van der Waals surface area contributed by atoms with Gasteiger partial charge in [-0.2, -0.15) is 10.2 Å². The zero-order chi connectivity index (χ0) is 13.4. The summed E-state index contributed by atoms with van der Waals surface area (Å²) >= 11 is 0. The molecule has 0 radical (unpaired) electrons. The average Bonchev–Trinajstić information content (AvgIpc) is 2.28. The van der Waals surface area contributed by atoms with Crippen LogP contribution in [0, 0.1) is 0 Å². The molecule has 1 rings (SSSR count). The first-order chi connectivity index (χ1) is 8.58. The van der Waals surface area contributed by atoms with Crippen LogP contribution in [0.1, 0.15) is 18.3 Å². The van der Waals surface area contributed by atoms with Crippen LogP contribution in [0.2, 0.25) is 0 Å². The number of guanidine groups is 1. The van der Waals surface area contributed by atoms with E-state index in [0.29, 0.717) is 17.2 Å². The van der Waals surface area contributed by atoms with E-state index in [1.165, 1.54) is 12.4 Å². The van der Waals surface area contributed by atoms with Gasteiger partial charge in [-0.3, -0.25) is 0 Å². The molecular formula is C10H14N8. The quantitative estimate of drug-likeness (QED) is 0.370. The number of nitrogens with zero attached hydrogens (tertiary/aromatic N) is 5. The molecule has 0 amide bonds. The fourth-order valence-corrected chi connectivity index (χ4v) is 0.946. The molecular weight excluding hydrogens is 232 g/mol. The van der Waals surface area contributed by atoms with Gasteiger partial charge in [0.1, 0.15) is 5.84 Å². The van der Waals surface area contributed by atoms with E-state index in [4.69, 9.17) is 17.2 Å². The SMILES string of the molecule is CC(N)=N/N=C/c1cccc(/C=N/N=C(N)N)n1. The van der Waals surface area contributed by atoms with Crippen LogP contribution in [0.3, 0.4) is 0 Å². The zero-order valence-electron chi connectivity index (χ0n) is 9.85. The summed E-state index contributed by atoms with van der Waals surface area (Å²) in [5.41, 5.74) is 16.8. The summed E-state index contributed by atoms with van der Waals surface area (Å²) in [4.78, 5) is 4.21. The number of pyridine rings is 1. The molecule has 1 aromatic rings. The second-order valence-corrected chi connectivity index (χ2v) is 3.24. The lowest BCUT2D eigenvalue weighted by Crippen LogP contribution is -2.21. The molecule has 0 aliphatic heterocycles. The van der Waals surface area contributed by atoms with Gasteiger partial charge in [0.2, 0.25) is 5.96 Å². The Labute approximate surface area is 104 Å². The molecule has 0 bridgehead atoms. The van der Waals surface area contributed by atoms with Crippen molar-refractivity contribution in [3.05, 3.63) is 29.6 Å². The molecule has 18 heavy (non-hydrogen) atoms. The molecule has 0 aliphatic rings. The molecule has 94 valence electrons. The summed E-state index contributed by atoms with van der Waals surface area (Å²) in [6.45, 7) is 1.64. The lowest BCUT2D eigenvalue weighted by atomic mass is 10.3. The number of amidine groups is 1. The fourth-order valence-electron chi connectivity index (χ4n) is 0.946. The summed E-state index contributed by atoms with van der Waals surface area (Å²) in [6, 6.07) is 5.31. The van der Waals surface area contributed by atoms with Crippen LogP contribution in [0.15, 0.2) is 38.6 Å². The number of nitrogens with two attached hydrogens (primary N) is 3. The van der Waals surface area contributed by atoms with E-state index in [1.807, 2.05) is 0 Å². The van der Waals surface area contributed by atoms with Gasteiger partial charge in [-0.05, 0) is 19.1 Å². The molecule has 1 aromatic heterocycles. The Morgan fingerprint density at radius 3 is 2.11 bits per heavy atom. The van der Waals surface area contributed by atoms with Gasteiger partial charge in [0.05, 0.1) is 23.8 Å². The normalized spacial score (nSPS) is 12.2. The fraction of sp³-hybridized carbons (Fsp3) is 0.100. The van der Waals surface area contributed by atoms with Crippen LogP contribution >= 0.6 is 0 Å². The van der Waals surface area contributed by atoms with E-state index in [-0.39, 0.29) is 5.96 Å². The maximum Gasteiger partial charge on any atom is 0.211 e. The van der Waals surface area contributed by atoms with E-state index in [9.17, 15) is 0 Å². The highest BCUT2D eigenvalue weighted by Gasteiger charge is 1.92. The van der Waals surface area contributed by atoms with Crippen molar-refractivity contribution in [2.75, 3.05) is 0 Å². The van der Waals surface area contributed by atoms with Gasteiger partial charge in [-0.25, -0.2) is 4.98 Å². The predicted octanol–water partition coefficient (Wildman–Crippen LogP) is -0.600. The Hall–Kier alpha value is -2.77. The van der Waals surface area contributed by atoms with Crippen LogP contribution in [0.4, 0.5) is 0 Å². The summed E-state index contributed by atoms with van der Waals surface area (Å²) in [6.07, 6.45) is 2.91. The first-order valence-corrected chi connectivity index (χ1v) is 5.00. The number of hydrogen-bond acceptors (Lipinski definition) is 5. The molecule has 8 nitrogen and oxygen atoms in total. The van der Waals surface area contributed by atoms with E-state index >= 15 is 0 Å². The van der Waals surface area contributed by atoms with Crippen molar-refractivity contribution in [3.63, 3.8) is 0 Å². The highest BCUT2D eigenvalue weighted by Crippen LogP contribution is 1.95. The number of rotatable bonds is 4. The van der Waals surface area contributed by atoms with E-state index in [2.05, 4.69) is 25.4 Å². The monoisotopic (exact) mass is 246 g/mol. The minimum atomic E-state index is -0.114. The van der Waals surface area contributed by atoms with Gasteiger partial charge >= 0.3 is 0 Å². The van der Waals surface area contributed by atoms with Crippen LogP contribution in [-0.2, 0) is 0 Å². The molecule has 0 saturated carbocycles. The van der Waals surface area contributed by atoms with E-state index < -0.39 is 0 Å². The Morgan fingerprint density at radius 2 is 1.61 bits per heavy atom. The number of aromatic nitrogens is 1. The van der Waals surface area contributed by atoms with Crippen molar-refractivity contribution in [1.82, 2.24) is 4.98 Å². The highest BCUT2D eigenvalue weighted by molar-refractivity contribution is 5.83. The zero-order valence-corrected chi connectivity index (χ0v) is 9.85. The Morgan fingerprint density at radius 1 is 1.06 bits per heavy atom. The maximum atomic E-state index is 5.34. The van der Waals surface area contributed by atoms with Crippen molar-refractivity contribution in [1.29, 1.82) is 0 Å². The molecule has 0 aromatic carbocycles. The van der Waals surface area contributed by atoms with Crippen molar-refractivity contribution >= 4 is 24.2 Å². The lowest BCUT2D eigenvalue weighted by molar-refractivity contribution is 1.19. The Bertz CT molecular complexity index is 463. The van der Waals surface area contributed by atoms with Gasteiger partial charge < -0.3 is 17.2 Å². The largest absolute Gasteiger partial charge is 0.386 e. The van der Waals surface area contributed by atoms with Crippen molar-refractivity contribution in [3.8, 4) is 0 Å². The van der Waals surface area contributed by atoms with Gasteiger partial charge in [0.15, 0.2) is 0 Å². The first-order valence-electron chi connectivity index (χ1n) is 5.00. The topological polar surface area (TPSA) is 140 Å². The first kappa shape index (κ1) is 13.3. The van der Waals surface area contributed by atoms with Crippen molar-refractivity contribution in [2.24, 2.45) is 37.6 Å². The average molecular weight is 246 g/mol. The van der Waals surface area contributed by atoms with Gasteiger partial charge in [0.25, 0.3) is 0 Å². The minimum Gasteiger partial charge on any atom is -0.386 e. The van der Waals surface area contributed by atoms with Gasteiger partial charge in [-0.15, -0.1) is 10.2 Å². The Kier molecular flexibility index (Phi) is 4.98. The van der Waals surface area contributed by atoms with Gasteiger partial charge in [-0.1, -0.05) is 6.07 Å². The summed E-state index contributed by atoms with van der Waals surface area (Å²) in [5.74, 6) is 0.258. The maximum absolute atomic E-state index is 5.34. The van der Waals surface area contributed by atoms with Crippen LogP contribution in [0.25, 0.3) is 0 Å². The lowest BCUT2D eigenvalue weighted by Gasteiger charge is -1.93. The predicted molar refractivity (Wildman–Crippen MR) is 72.5 cm³/mol. The van der Waals surface area contributed by atoms with E-state index in [1.54, 1.807) is 25.1 Å². The molecule has 8 heteroatoms. The molecule has 0 spiro atoms. The second kappa shape index (κ2) is 6.74. The summed E-state index contributed by atoms with van der Waals surface area (Å²) in [7, 11) is 0. The molecule has 6 N–H and O–H groups in total. The molecule has 0 aliphatic carbocycles. The van der Waals surface area contributed by atoms with Crippen molar-refractivity contribution < 1.29 is 0 Å². The van der Waals surface area contributed by atoms with Gasteiger partial charge in [0, 0.05) is 0 Å². The molecule has 0 fully saturated rings. The van der Waals surface area contributed by atoms with Crippen molar-refractivity contribution in [2.45, 2.75) is 6.92 Å². The standard InChI is InChI=1S/C10H14N8/c1-7(11)17-14-5-8-3-2-4-9(16-8)6-15-18-10(12)13/h2-6H,1H3,(H2,11,17)(H4,12,13,18)/b14-5+,15-6+. The second-order valence-electron chi connectivity index (χ2n) is 3.24. The third kappa shape index (κ3) is 5.35. The molecule has 1 heterocycles. The molecule has 0 unspecified atom stereocenters. The third-order valence-corrected chi connectivity index (χ3v) is 1.56. The number of hydrogen-bond donors (Lipinski definition) is 3. The van der Waals surface area contributed by atoms with Crippen LogP contribution in [0.5, 0.6) is 0 Å². The minimum absolute atomic E-state index is 0.114. The van der Waals surface area contributed by atoms with Crippen LogP contribution < -0.4 is 17.2 Å². The summed E-state index contributed by atoms with van der Waals surface area (Å²) < 4.78 is 0. The molecule has 0 saturated heterocycles. The highest BCUT2D eigenvalue weighted by atomic mass is 15.3. The summed E-state index contributed by atoms with van der Waals surface area (Å²) in [5, 5.41) is 14.5. The Balaban J connectivity index is 2.80. The molecule has 0 atom stereocenters. The van der Waals surface area contributed by atoms with Crippen LogP contribution in [-0.4, -0.2) is 29.2 Å².